The van der Waals surface area contributed by atoms with Crippen molar-refractivity contribution in [2.24, 2.45) is 18.9 Å². The Morgan fingerprint density at radius 3 is 2.86 bits per heavy atom. The number of rotatable bonds is 2. The fraction of sp³-hybridized carbons (Fsp3) is 0.556. The van der Waals surface area contributed by atoms with E-state index < -0.39 is 0 Å². The van der Waals surface area contributed by atoms with Crippen LogP contribution >= 0.6 is 0 Å². The molecule has 5 rings (SSSR count). The van der Waals surface area contributed by atoms with Gasteiger partial charge in [-0.2, -0.15) is 5.10 Å². The first-order valence-electron chi connectivity index (χ1n) is 8.50. The molecule has 4 nitrogen and oxygen atoms in total. The van der Waals surface area contributed by atoms with Gasteiger partial charge in [-0.05, 0) is 54.2 Å². The zero-order valence-corrected chi connectivity index (χ0v) is 13.0. The van der Waals surface area contributed by atoms with E-state index in [1.165, 1.54) is 42.4 Å². The maximum atomic E-state index is 4.73. The van der Waals surface area contributed by atoms with Gasteiger partial charge in [0.15, 0.2) is 0 Å². The Morgan fingerprint density at radius 2 is 2.14 bits per heavy atom. The summed E-state index contributed by atoms with van der Waals surface area (Å²) in [6.45, 7) is 0.939. The van der Waals surface area contributed by atoms with E-state index in [1.807, 2.05) is 17.9 Å². The lowest BCUT2D eigenvalue weighted by Crippen LogP contribution is -2.09. The van der Waals surface area contributed by atoms with Crippen molar-refractivity contribution in [3.8, 4) is 0 Å². The summed E-state index contributed by atoms with van der Waals surface area (Å²) in [4.78, 5) is 4.73. The molecule has 2 aromatic rings. The van der Waals surface area contributed by atoms with Gasteiger partial charge in [-0.3, -0.25) is 4.68 Å². The van der Waals surface area contributed by atoms with Crippen molar-refractivity contribution < 1.29 is 0 Å². The van der Waals surface area contributed by atoms with Crippen molar-refractivity contribution in [1.29, 1.82) is 0 Å². The SMILES string of the molecule is Cn1cc(C2CNc3ncc(C4CC5CCC4C5)cc32)cn1. The second-order valence-electron chi connectivity index (χ2n) is 7.37. The zero-order chi connectivity index (χ0) is 14.7. The van der Waals surface area contributed by atoms with Gasteiger partial charge in [0.1, 0.15) is 5.82 Å². The predicted octanol–water partition coefficient (Wildman–Crippen LogP) is 3.28. The summed E-state index contributed by atoms with van der Waals surface area (Å²) in [5.41, 5.74) is 4.14. The van der Waals surface area contributed by atoms with Gasteiger partial charge >= 0.3 is 0 Å². The third kappa shape index (κ3) is 1.82. The molecule has 0 radical (unpaired) electrons. The second kappa shape index (κ2) is 4.58. The van der Waals surface area contributed by atoms with E-state index in [2.05, 4.69) is 28.9 Å². The summed E-state index contributed by atoms with van der Waals surface area (Å²) >= 11 is 0. The summed E-state index contributed by atoms with van der Waals surface area (Å²) < 4.78 is 1.89. The molecule has 2 saturated carbocycles. The molecular weight excluding hydrogens is 272 g/mol. The van der Waals surface area contributed by atoms with E-state index in [9.17, 15) is 0 Å². The van der Waals surface area contributed by atoms with Crippen molar-refractivity contribution in [1.82, 2.24) is 14.8 Å². The summed E-state index contributed by atoms with van der Waals surface area (Å²) in [5.74, 6) is 4.12. The van der Waals surface area contributed by atoms with Crippen molar-refractivity contribution >= 4 is 5.82 Å². The van der Waals surface area contributed by atoms with Crippen LogP contribution in [0.15, 0.2) is 24.7 Å². The zero-order valence-electron chi connectivity index (χ0n) is 13.0. The van der Waals surface area contributed by atoms with Gasteiger partial charge in [0.05, 0.1) is 6.20 Å². The average Bonchev–Trinajstić information content (AvgIpc) is 3.29. The largest absolute Gasteiger partial charge is 0.369 e. The Balaban J connectivity index is 1.50. The lowest BCUT2D eigenvalue weighted by Gasteiger charge is -2.22. The maximum absolute atomic E-state index is 4.73. The number of nitrogens with zero attached hydrogens (tertiary/aromatic N) is 3. The first-order valence-corrected chi connectivity index (χ1v) is 8.50. The van der Waals surface area contributed by atoms with Crippen LogP contribution in [-0.4, -0.2) is 21.3 Å². The van der Waals surface area contributed by atoms with Gasteiger partial charge in [0, 0.05) is 37.5 Å². The first-order chi connectivity index (χ1) is 10.8. The standard InChI is InChI=1S/C18H22N4/c1-22-10-14(8-21-22)17-9-20-18-16(17)6-13(7-19-18)15-5-11-2-3-12(15)4-11/h6-8,10-12,15,17H,2-5,9H2,1H3,(H,19,20). The predicted molar refractivity (Wildman–Crippen MR) is 86.0 cm³/mol. The summed E-state index contributed by atoms with van der Waals surface area (Å²) in [6, 6.07) is 2.44. The lowest BCUT2D eigenvalue weighted by atomic mass is 9.83. The molecule has 2 fully saturated rings. The van der Waals surface area contributed by atoms with Crippen LogP contribution in [0.1, 0.15) is 54.2 Å². The minimum Gasteiger partial charge on any atom is -0.369 e. The average molecular weight is 294 g/mol. The van der Waals surface area contributed by atoms with Crippen LogP contribution in [0.25, 0.3) is 0 Å². The third-order valence-electron chi connectivity index (χ3n) is 6.08. The van der Waals surface area contributed by atoms with E-state index in [0.717, 1.165) is 30.1 Å². The van der Waals surface area contributed by atoms with E-state index >= 15 is 0 Å². The molecular formula is C18H22N4. The van der Waals surface area contributed by atoms with Gasteiger partial charge in [0.25, 0.3) is 0 Å². The molecule has 2 aliphatic carbocycles. The highest BCUT2D eigenvalue weighted by Gasteiger charge is 2.40. The van der Waals surface area contributed by atoms with Gasteiger partial charge in [-0.25, -0.2) is 4.98 Å². The van der Waals surface area contributed by atoms with Crippen molar-refractivity contribution in [2.45, 2.75) is 37.5 Å². The number of aryl methyl sites for hydroxylation is 1. The minimum atomic E-state index is 0.398. The van der Waals surface area contributed by atoms with Crippen LogP contribution in [0.2, 0.25) is 0 Å². The van der Waals surface area contributed by atoms with E-state index in [0.29, 0.717) is 5.92 Å². The molecule has 3 aliphatic rings. The monoisotopic (exact) mass is 294 g/mol. The van der Waals surface area contributed by atoms with Gasteiger partial charge in [-0.15, -0.1) is 0 Å². The molecule has 0 spiro atoms. The molecule has 1 N–H and O–H groups in total. The Morgan fingerprint density at radius 1 is 1.18 bits per heavy atom. The maximum Gasteiger partial charge on any atom is 0.129 e. The third-order valence-corrected chi connectivity index (χ3v) is 6.08. The Hall–Kier alpha value is -1.84. The van der Waals surface area contributed by atoms with E-state index in [4.69, 9.17) is 4.98 Å². The topological polar surface area (TPSA) is 42.7 Å². The van der Waals surface area contributed by atoms with Crippen LogP contribution in [0.3, 0.4) is 0 Å². The molecule has 1 aliphatic heterocycles. The van der Waals surface area contributed by atoms with Crippen molar-refractivity contribution in [3.63, 3.8) is 0 Å². The van der Waals surface area contributed by atoms with Crippen molar-refractivity contribution in [2.75, 3.05) is 11.9 Å². The van der Waals surface area contributed by atoms with Gasteiger partial charge in [0.2, 0.25) is 0 Å². The molecule has 2 bridgehead atoms. The van der Waals surface area contributed by atoms with Crippen LogP contribution in [0.5, 0.6) is 0 Å². The number of aromatic nitrogens is 3. The highest BCUT2D eigenvalue weighted by atomic mass is 15.2. The van der Waals surface area contributed by atoms with Crippen LogP contribution in [0.4, 0.5) is 5.82 Å². The molecule has 3 heterocycles. The first kappa shape index (κ1) is 12.7. The molecule has 0 saturated heterocycles. The molecule has 4 atom stereocenters. The number of fused-ring (bicyclic) bond motifs is 3. The summed E-state index contributed by atoms with van der Waals surface area (Å²) in [6.07, 6.45) is 12.0. The van der Waals surface area contributed by atoms with Crippen LogP contribution in [0, 0.1) is 11.8 Å². The molecule has 4 unspecified atom stereocenters. The molecule has 22 heavy (non-hydrogen) atoms. The summed E-state index contributed by atoms with van der Waals surface area (Å²) in [7, 11) is 1.98. The van der Waals surface area contributed by atoms with Crippen molar-refractivity contribution in [3.05, 3.63) is 41.3 Å². The number of pyridine rings is 1. The Labute approximate surface area is 130 Å². The number of hydrogen-bond acceptors (Lipinski definition) is 3. The normalized spacial score (nSPS) is 32.2. The summed E-state index contributed by atoms with van der Waals surface area (Å²) in [5, 5.41) is 7.80. The number of nitrogens with one attached hydrogen (secondary N) is 1. The van der Waals surface area contributed by atoms with E-state index in [-0.39, 0.29) is 0 Å². The highest BCUT2D eigenvalue weighted by Crippen LogP contribution is 2.53. The number of hydrogen-bond donors (Lipinski definition) is 1. The smallest absolute Gasteiger partial charge is 0.129 e. The second-order valence-corrected chi connectivity index (χ2v) is 7.37. The molecule has 0 amide bonds. The minimum absolute atomic E-state index is 0.398. The van der Waals surface area contributed by atoms with Crippen LogP contribution in [-0.2, 0) is 7.05 Å². The van der Waals surface area contributed by atoms with E-state index in [1.54, 1.807) is 0 Å². The van der Waals surface area contributed by atoms with Gasteiger partial charge < -0.3 is 5.32 Å². The quantitative estimate of drug-likeness (QED) is 0.924. The van der Waals surface area contributed by atoms with Gasteiger partial charge in [-0.1, -0.05) is 6.42 Å². The molecule has 4 heteroatoms. The van der Waals surface area contributed by atoms with Crippen LogP contribution < -0.4 is 5.32 Å². The Bertz CT molecular complexity index is 720. The fourth-order valence-electron chi connectivity index (χ4n) is 4.99. The highest BCUT2D eigenvalue weighted by molar-refractivity contribution is 5.56. The Kier molecular flexibility index (Phi) is 2.64. The lowest BCUT2D eigenvalue weighted by molar-refractivity contribution is 0.419. The molecule has 0 aromatic carbocycles. The fourth-order valence-corrected chi connectivity index (χ4v) is 4.99. The molecule has 114 valence electrons. The molecule has 2 aromatic heterocycles. The number of anilines is 1.